The van der Waals surface area contributed by atoms with Crippen LogP contribution in [0.3, 0.4) is 0 Å². The lowest BCUT2D eigenvalue weighted by Gasteiger charge is -2.37. The van der Waals surface area contributed by atoms with Gasteiger partial charge in [-0.25, -0.2) is 0 Å². The van der Waals surface area contributed by atoms with Crippen molar-refractivity contribution in [3.63, 3.8) is 0 Å². The Balaban J connectivity index is 2.16. The Morgan fingerprint density at radius 1 is 0.957 bits per heavy atom. The van der Waals surface area contributed by atoms with E-state index in [4.69, 9.17) is 18.9 Å². The number of rotatable bonds is 4. The van der Waals surface area contributed by atoms with Crippen molar-refractivity contribution in [1.82, 2.24) is 0 Å². The summed E-state index contributed by atoms with van der Waals surface area (Å²) in [5.41, 5.74) is 2.85. The number of fused-ring (bicyclic) bond motifs is 1. The summed E-state index contributed by atoms with van der Waals surface area (Å²) in [7, 11) is 4.98. The van der Waals surface area contributed by atoms with Gasteiger partial charge in [-0.3, -0.25) is 0 Å². The van der Waals surface area contributed by atoms with Crippen LogP contribution in [0.1, 0.15) is 23.6 Å². The maximum absolute atomic E-state index is 6.20. The van der Waals surface area contributed by atoms with Crippen molar-refractivity contribution in [3.05, 3.63) is 53.1 Å². The van der Waals surface area contributed by atoms with E-state index in [1.165, 1.54) is 5.56 Å². The van der Waals surface area contributed by atoms with E-state index >= 15 is 0 Å². The van der Waals surface area contributed by atoms with Gasteiger partial charge in [-0.05, 0) is 54.3 Å². The molecule has 0 unspecified atom stereocenters. The molecule has 4 nitrogen and oxygen atoms in total. The maximum Gasteiger partial charge on any atom is 0.161 e. The largest absolute Gasteiger partial charge is 0.497 e. The Kier molecular flexibility index (Phi) is 4.18. The third-order valence-electron chi connectivity index (χ3n) is 4.51. The SMILES string of the molecule is COc1cccc([C@@]2(C)OCCc3cc(OC)c(OC)cc32)c1. The number of hydrogen-bond acceptors (Lipinski definition) is 4. The average molecular weight is 314 g/mol. The van der Waals surface area contributed by atoms with Crippen molar-refractivity contribution in [2.24, 2.45) is 0 Å². The molecular weight excluding hydrogens is 292 g/mol. The van der Waals surface area contributed by atoms with Crippen LogP contribution < -0.4 is 14.2 Å². The van der Waals surface area contributed by atoms with Gasteiger partial charge in [0, 0.05) is 0 Å². The van der Waals surface area contributed by atoms with E-state index in [0.29, 0.717) is 12.4 Å². The fourth-order valence-corrected chi connectivity index (χ4v) is 3.17. The van der Waals surface area contributed by atoms with Gasteiger partial charge in [-0.1, -0.05) is 12.1 Å². The molecule has 0 fully saturated rings. The number of benzene rings is 2. The van der Waals surface area contributed by atoms with Crippen molar-refractivity contribution in [3.8, 4) is 17.2 Å². The van der Waals surface area contributed by atoms with Crippen LogP contribution in [0.25, 0.3) is 0 Å². The molecule has 1 atom stereocenters. The van der Waals surface area contributed by atoms with Crippen LogP contribution in [0.4, 0.5) is 0 Å². The van der Waals surface area contributed by atoms with Crippen LogP contribution in [0.5, 0.6) is 17.2 Å². The lowest BCUT2D eigenvalue weighted by Crippen LogP contribution is -2.33. The molecule has 0 bridgehead atoms. The molecule has 122 valence electrons. The van der Waals surface area contributed by atoms with Crippen molar-refractivity contribution in [2.45, 2.75) is 18.9 Å². The molecule has 2 aromatic carbocycles. The normalized spacial score (nSPS) is 19.8. The molecule has 0 saturated carbocycles. The molecule has 1 aliphatic rings. The predicted molar refractivity (Wildman–Crippen MR) is 88.7 cm³/mol. The summed E-state index contributed by atoms with van der Waals surface area (Å²) in [4.78, 5) is 0. The third-order valence-corrected chi connectivity index (χ3v) is 4.51. The van der Waals surface area contributed by atoms with Crippen molar-refractivity contribution >= 4 is 0 Å². The van der Waals surface area contributed by atoms with Crippen molar-refractivity contribution in [2.75, 3.05) is 27.9 Å². The monoisotopic (exact) mass is 314 g/mol. The molecule has 0 saturated heterocycles. The minimum atomic E-state index is -0.540. The first-order chi connectivity index (χ1) is 11.1. The molecule has 0 N–H and O–H groups in total. The highest BCUT2D eigenvalue weighted by molar-refractivity contribution is 5.53. The summed E-state index contributed by atoms with van der Waals surface area (Å²) in [5, 5.41) is 0. The summed E-state index contributed by atoms with van der Waals surface area (Å²) in [6.07, 6.45) is 0.856. The fraction of sp³-hybridized carbons (Fsp3) is 0.368. The lowest BCUT2D eigenvalue weighted by atomic mass is 9.82. The van der Waals surface area contributed by atoms with Gasteiger partial charge in [-0.15, -0.1) is 0 Å². The second-order valence-electron chi connectivity index (χ2n) is 5.73. The van der Waals surface area contributed by atoms with Gasteiger partial charge >= 0.3 is 0 Å². The molecule has 0 aliphatic carbocycles. The molecular formula is C19H22O4. The summed E-state index contributed by atoms with van der Waals surface area (Å²) in [5.74, 6) is 2.28. The van der Waals surface area contributed by atoms with Gasteiger partial charge in [0.1, 0.15) is 11.4 Å². The van der Waals surface area contributed by atoms with Gasteiger partial charge in [-0.2, -0.15) is 0 Å². The molecule has 0 radical (unpaired) electrons. The van der Waals surface area contributed by atoms with Crippen LogP contribution in [0.15, 0.2) is 36.4 Å². The first-order valence-electron chi connectivity index (χ1n) is 7.66. The summed E-state index contributed by atoms with van der Waals surface area (Å²) < 4.78 is 22.5. The second kappa shape index (κ2) is 6.13. The van der Waals surface area contributed by atoms with Crippen LogP contribution in [-0.2, 0) is 16.8 Å². The highest BCUT2D eigenvalue weighted by Crippen LogP contribution is 2.43. The quantitative estimate of drug-likeness (QED) is 0.865. The topological polar surface area (TPSA) is 36.9 Å². The number of methoxy groups -OCH3 is 3. The third kappa shape index (κ3) is 2.63. The van der Waals surface area contributed by atoms with E-state index < -0.39 is 5.60 Å². The summed E-state index contributed by atoms with van der Waals surface area (Å²) in [6, 6.07) is 12.1. The van der Waals surface area contributed by atoms with Gasteiger partial charge in [0.15, 0.2) is 11.5 Å². The van der Waals surface area contributed by atoms with Gasteiger partial charge < -0.3 is 18.9 Å². The fourth-order valence-electron chi connectivity index (χ4n) is 3.17. The second-order valence-corrected chi connectivity index (χ2v) is 5.73. The molecule has 1 heterocycles. The highest BCUT2D eigenvalue weighted by atomic mass is 16.5. The van der Waals surface area contributed by atoms with E-state index in [-0.39, 0.29) is 0 Å². The number of hydrogen-bond donors (Lipinski definition) is 0. The van der Waals surface area contributed by atoms with E-state index in [9.17, 15) is 0 Å². The van der Waals surface area contributed by atoms with Crippen LogP contribution in [0.2, 0.25) is 0 Å². The smallest absolute Gasteiger partial charge is 0.161 e. The van der Waals surface area contributed by atoms with Gasteiger partial charge in [0.05, 0.1) is 27.9 Å². The zero-order chi connectivity index (χ0) is 16.4. The molecule has 0 aromatic heterocycles. The van der Waals surface area contributed by atoms with Crippen LogP contribution in [0, 0.1) is 0 Å². The average Bonchev–Trinajstić information content (AvgIpc) is 2.61. The molecule has 3 rings (SSSR count). The molecule has 0 amide bonds. The molecule has 23 heavy (non-hydrogen) atoms. The van der Waals surface area contributed by atoms with Crippen molar-refractivity contribution < 1.29 is 18.9 Å². The molecule has 0 spiro atoms. The highest BCUT2D eigenvalue weighted by Gasteiger charge is 2.36. The Hall–Kier alpha value is -2.20. The number of ether oxygens (including phenoxy) is 4. The minimum absolute atomic E-state index is 0.540. The lowest BCUT2D eigenvalue weighted by molar-refractivity contribution is -0.0145. The molecule has 2 aromatic rings. The minimum Gasteiger partial charge on any atom is -0.497 e. The van der Waals surface area contributed by atoms with E-state index in [2.05, 4.69) is 19.1 Å². The molecule has 4 heteroatoms. The van der Waals surface area contributed by atoms with Crippen LogP contribution >= 0.6 is 0 Å². The Morgan fingerprint density at radius 3 is 2.39 bits per heavy atom. The first kappa shape index (κ1) is 15.7. The zero-order valence-electron chi connectivity index (χ0n) is 14.0. The Morgan fingerprint density at radius 2 is 1.70 bits per heavy atom. The standard InChI is InChI=1S/C19H22O4/c1-19(14-6-5-7-15(11-14)20-2)16-12-18(22-4)17(21-3)10-13(16)8-9-23-19/h5-7,10-12H,8-9H2,1-4H3/t19-/m1/s1. The van der Waals surface area contributed by atoms with E-state index in [1.807, 2.05) is 24.3 Å². The summed E-state index contributed by atoms with van der Waals surface area (Å²) >= 11 is 0. The van der Waals surface area contributed by atoms with E-state index in [0.717, 1.165) is 29.0 Å². The Labute approximate surface area is 136 Å². The van der Waals surface area contributed by atoms with Gasteiger partial charge in [0.2, 0.25) is 0 Å². The van der Waals surface area contributed by atoms with Crippen LogP contribution in [-0.4, -0.2) is 27.9 Å². The first-order valence-corrected chi connectivity index (χ1v) is 7.66. The maximum atomic E-state index is 6.20. The zero-order valence-corrected chi connectivity index (χ0v) is 14.0. The summed E-state index contributed by atoms with van der Waals surface area (Å²) in [6.45, 7) is 2.75. The van der Waals surface area contributed by atoms with E-state index in [1.54, 1.807) is 21.3 Å². The molecule has 1 aliphatic heterocycles. The Bertz CT molecular complexity index is 711. The predicted octanol–water partition coefficient (Wildman–Crippen LogP) is 3.55. The van der Waals surface area contributed by atoms with Gasteiger partial charge in [0.25, 0.3) is 0 Å². The van der Waals surface area contributed by atoms with Crippen molar-refractivity contribution in [1.29, 1.82) is 0 Å².